The minimum atomic E-state index is -0.391. The van der Waals surface area contributed by atoms with E-state index in [1.807, 2.05) is 48.4 Å². The first-order valence-electron chi connectivity index (χ1n) is 12.0. The molecule has 1 N–H and O–H groups in total. The van der Waals surface area contributed by atoms with Gasteiger partial charge in [-0.1, -0.05) is 0 Å². The number of cyclic esters (lactones) is 1. The summed E-state index contributed by atoms with van der Waals surface area (Å²) in [7, 11) is 0. The van der Waals surface area contributed by atoms with Crippen LogP contribution in [0.15, 0.2) is 42.7 Å². The van der Waals surface area contributed by atoms with Gasteiger partial charge in [0, 0.05) is 47.6 Å². The Balaban J connectivity index is 1.18. The van der Waals surface area contributed by atoms with Gasteiger partial charge in [0.1, 0.15) is 42.6 Å². The van der Waals surface area contributed by atoms with E-state index in [1.54, 1.807) is 11.1 Å². The summed E-state index contributed by atoms with van der Waals surface area (Å²) in [6.45, 7) is 3.40. The van der Waals surface area contributed by atoms with Gasteiger partial charge in [0.25, 0.3) is 0 Å². The zero-order valence-corrected chi connectivity index (χ0v) is 19.6. The molecule has 2 aromatic heterocycles. The van der Waals surface area contributed by atoms with Gasteiger partial charge in [-0.15, -0.1) is 0 Å². The molecule has 2 amide bonds. The lowest BCUT2D eigenvalue weighted by Crippen LogP contribution is -2.41. The van der Waals surface area contributed by atoms with Crippen LogP contribution < -0.4 is 24.6 Å². The van der Waals surface area contributed by atoms with E-state index >= 15 is 0 Å². The van der Waals surface area contributed by atoms with E-state index in [1.165, 1.54) is 0 Å². The van der Waals surface area contributed by atoms with Gasteiger partial charge in [-0.05, 0) is 37.6 Å². The molecule has 0 bridgehead atoms. The Morgan fingerprint density at radius 1 is 1.03 bits per heavy atom. The molecule has 4 aliphatic rings. The first-order chi connectivity index (χ1) is 17.5. The summed E-state index contributed by atoms with van der Waals surface area (Å²) in [6, 6.07) is 9.54. The number of rotatable bonds is 3. The van der Waals surface area contributed by atoms with Gasteiger partial charge in [0.15, 0.2) is 0 Å². The zero-order valence-electron chi connectivity index (χ0n) is 19.6. The molecule has 36 heavy (non-hydrogen) atoms. The standard InChI is InChI=1S/C26H23N5O5/c1-14-19-9-23(29-15-7-21-25(28-10-15)34-12-17-13-35-26(33)31(17)21)27-11-20(19)18-5-4-16(8-22(18)36-14)30-6-2-3-24(30)32/h4-5,7-11,14,17H,2-3,6,12-13H2,1H3,(H,27,29)/t14?,17-/m1/s1. The van der Waals surface area contributed by atoms with Crippen molar-refractivity contribution in [1.29, 1.82) is 0 Å². The lowest BCUT2D eigenvalue weighted by molar-refractivity contribution is -0.117. The number of amides is 2. The van der Waals surface area contributed by atoms with Gasteiger partial charge in [0.2, 0.25) is 11.8 Å². The van der Waals surface area contributed by atoms with E-state index in [0.717, 1.165) is 41.1 Å². The molecular weight excluding hydrogens is 462 g/mol. The van der Waals surface area contributed by atoms with Crippen molar-refractivity contribution in [3.63, 3.8) is 0 Å². The van der Waals surface area contributed by atoms with Gasteiger partial charge in [-0.3, -0.25) is 9.69 Å². The highest BCUT2D eigenvalue weighted by Crippen LogP contribution is 2.45. The van der Waals surface area contributed by atoms with E-state index in [-0.39, 0.29) is 18.1 Å². The molecule has 182 valence electrons. The number of hydrogen-bond donors (Lipinski definition) is 1. The molecule has 0 spiro atoms. The predicted octanol–water partition coefficient (Wildman–Crippen LogP) is 4.19. The second-order valence-corrected chi connectivity index (χ2v) is 9.33. The van der Waals surface area contributed by atoms with Crippen molar-refractivity contribution in [3.8, 4) is 22.8 Å². The summed E-state index contributed by atoms with van der Waals surface area (Å²) >= 11 is 0. The monoisotopic (exact) mass is 485 g/mol. The average molecular weight is 486 g/mol. The number of anilines is 4. The topological polar surface area (TPSA) is 106 Å². The second kappa shape index (κ2) is 7.84. The molecule has 0 radical (unpaired) electrons. The molecule has 1 unspecified atom stereocenters. The summed E-state index contributed by atoms with van der Waals surface area (Å²) in [5.41, 5.74) is 5.06. The SMILES string of the molecule is CC1Oc2cc(N3CCCC3=O)ccc2-c2cnc(Nc3cnc4c(c3)N3C(=O)OC[C@H]3CO4)cc21. The fourth-order valence-electron chi connectivity index (χ4n) is 5.27. The molecule has 6 heterocycles. The summed E-state index contributed by atoms with van der Waals surface area (Å²) in [6.07, 6.45) is 4.36. The van der Waals surface area contributed by atoms with Gasteiger partial charge >= 0.3 is 6.09 Å². The molecule has 0 saturated carbocycles. The van der Waals surface area contributed by atoms with Crippen LogP contribution in [-0.4, -0.2) is 47.8 Å². The third-order valence-electron chi connectivity index (χ3n) is 7.06. The minimum Gasteiger partial charge on any atom is -0.485 e. The number of aromatic nitrogens is 2. The largest absolute Gasteiger partial charge is 0.485 e. The van der Waals surface area contributed by atoms with E-state index < -0.39 is 6.09 Å². The molecule has 3 aromatic rings. The number of hydrogen-bond acceptors (Lipinski definition) is 8. The lowest BCUT2D eigenvalue weighted by Gasteiger charge is -2.29. The van der Waals surface area contributed by atoms with Crippen molar-refractivity contribution in [2.24, 2.45) is 0 Å². The highest BCUT2D eigenvalue weighted by molar-refractivity contribution is 5.96. The molecule has 10 heteroatoms. The highest BCUT2D eigenvalue weighted by Gasteiger charge is 2.40. The number of pyridine rings is 2. The average Bonchev–Trinajstić information content (AvgIpc) is 3.49. The second-order valence-electron chi connectivity index (χ2n) is 9.33. The van der Waals surface area contributed by atoms with Crippen LogP contribution >= 0.6 is 0 Å². The molecule has 4 aliphatic heterocycles. The van der Waals surface area contributed by atoms with Gasteiger partial charge in [-0.2, -0.15) is 0 Å². The smallest absolute Gasteiger partial charge is 0.415 e. The number of nitrogens with zero attached hydrogens (tertiary/aromatic N) is 4. The van der Waals surface area contributed by atoms with Crippen LogP contribution in [0.4, 0.5) is 27.7 Å². The van der Waals surface area contributed by atoms with Crippen LogP contribution in [0.3, 0.4) is 0 Å². The number of carbonyl (C=O) groups is 2. The Morgan fingerprint density at radius 2 is 1.92 bits per heavy atom. The third-order valence-corrected chi connectivity index (χ3v) is 7.06. The summed E-state index contributed by atoms with van der Waals surface area (Å²) in [5, 5.41) is 3.29. The van der Waals surface area contributed by atoms with Crippen LogP contribution in [0.25, 0.3) is 11.1 Å². The molecule has 7 rings (SSSR count). The predicted molar refractivity (Wildman–Crippen MR) is 131 cm³/mol. The van der Waals surface area contributed by atoms with Crippen molar-refractivity contribution in [2.75, 3.05) is 34.9 Å². The van der Waals surface area contributed by atoms with E-state index in [4.69, 9.17) is 14.2 Å². The van der Waals surface area contributed by atoms with Crippen molar-refractivity contribution >= 4 is 34.9 Å². The number of nitrogens with one attached hydrogen (secondary N) is 1. The number of benzene rings is 1. The fourth-order valence-corrected chi connectivity index (χ4v) is 5.27. The summed E-state index contributed by atoms with van der Waals surface area (Å²) in [4.78, 5) is 36.8. The summed E-state index contributed by atoms with van der Waals surface area (Å²) in [5.74, 6) is 1.94. The Morgan fingerprint density at radius 3 is 2.78 bits per heavy atom. The van der Waals surface area contributed by atoms with Crippen molar-refractivity contribution < 1.29 is 23.8 Å². The van der Waals surface area contributed by atoms with Crippen LogP contribution in [0.1, 0.15) is 31.4 Å². The lowest BCUT2D eigenvalue weighted by atomic mass is 9.94. The number of ether oxygens (including phenoxy) is 3. The minimum absolute atomic E-state index is 0.147. The zero-order chi connectivity index (χ0) is 24.4. The Kier molecular flexibility index (Phi) is 4.57. The Hall–Kier alpha value is -4.34. The fraction of sp³-hybridized carbons (Fsp3) is 0.308. The highest BCUT2D eigenvalue weighted by atomic mass is 16.6. The molecule has 2 fully saturated rings. The Bertz CT molecular complexity index is 1430. The van der Waals surface area contributed by atoms with Gasteiger partial charge < -0.3 is 24.4 Å². The van der Waals surface area contributed by atoms with Gasteiger partial charge in [-0.25, -0.2) is 14.8 Å². The van der Waals surface area contributed by atoms with Crippen molar-refractivity contribution in [3.05, 3.63) is 48.3 Å². The molecule has 2 saturated heterocycles. The maximum atomic E-state index is 12.2. The van der Waals surface area contributed by atoms with Crippen LogP contribution in [0.5, 0.6) is 11.6 Å². The quantitative estimate of drug-likeness (QED) is 0.589. The number of carbonyl (C=O) groups excluding carboxylic acids is 2. The molecule has 1 aromatic carbocycles. The van der Waals surface area contributed by atoms with E-state index in [2.05, 4.69) is 15.3 Å². The van der Waals surface area contributed by atoms with Crippen LogP contribution in [0.2, 0.25) is 0 Å². The van der Waals surface area contributed by atoms with Crippen molar-refractivity contribution in [2.45, 2.75) is 31.9 Å². The molecule has 0 aliphatic carbocycles. The Labute approximate surface area is 206 Å². The maximum absolute atomic E-state index is 12.2. The molecular formula is C26H23N5O5. The van der Waals surface area contributed by atoms with Crippen molar-refractivity contribution in [1.82, 2.24) is 9.97 Å². The van der Waals surface area contributed by atoms with E-state index in [0.29, 0.717) is 42.7 Å². The first-order valence-corrected chi connectivity index (χ1v) is 12.0. The molecule has 10 nitrogen and oxygen atoms in total. The third kappa shape index (κ3) is 3.24. The van der Waals surface area contributed by atoms with Crippen LogP contribution in [0, 0.1) is 0 Å². The maximum Gasteiger partial charge on any atom is 0.415 e. The van der Waals surface area contributed by atoms with Crippen LogP contribution in [-0.2, 0) is 9.53 Å². The number of fused-ring (bicyclic) bond motifs is 6. The van der Waals surface area contributed by atoms with E-state index in [9.17, 15) is 9.59 Å². The molecule has 2 atom stereocenters. The normalized spacial score (nSPS) is 21.6. The van der Waals surface area contributed by atoms with Gasteiger partial charge in [0.05, 0.1) is 11.9 Å². The first kappa shape index (κ1) is 21.0. The summed E-state index contributed by atoms with van der Waals surface area (Å²) < 4.78 is 17.1.